The number of hydrogen-bond acceptors (Lipinski definition) is 4. The van der Waals surface area contributed by atoms with Gasteiger partial charge in [-0.2, -0.15) is 0 Å². The molecule has 0 bridgehead atoms. The summed E-state index contributed by atoms with van der Waals surface area (Å²) < 4.78 is 27.9. The maximum absolute atomic E-state index is 12.9. The van der Waals surface area contributed by atoms with Gasteiger partial charge in [0.1, 0.15) is 18.2 Å². The van der Waals surface area contributed by atoms with E-state index in [1.807, 2.05) is 0 Å². The summed E-state index contributed by atoms with van der Waals surface area (Å²) in [5, 5.41) is 0. The predicted octanol–water partition coefficient (Wildman–Crippen LogP) is 2.03. The minimum atomic E-state index is -0.418. The second-order valence-corrected chi connectivity index (χ2v) is 3.77. The predicted molar refractivity (Wildman–Crippen MR) is 63.9 cm³/mol. The molecule has 4 nitrogen and oxygen atoms in total. The molecule has 0 spiro atoms. The molecule has 0 heterocycles. The highest BCUT2D eigenvalue weighted by atomic mass is 19.1. The Hall–Kier alpha value is -1.62. The van der Waals surface area contributed by atoms with Gasteiger partial charge in [-0.05, 0) is 18.6 Å². The van der Waals surface area contributed by atoms with Crippen LogP contribution in [0.4, 0.5) is 4.39 Å². The van der Waals surface area contributed by atoms with Crippen molar-refractivity contribution in [3.63, 3.8) is 0 Å². The lowest BCUT2D eigenvalue weighted by Gasteiger charge is -2.15. The average molecular weight is 256 g/mol. The van der Waals surface area contributed by atoms with E-state index < -0.39 is 5.92 Å². The van der Waals surface area contributed by atoms with Crippen molar-refractivity contribution in [1.29, 1.82) is 0 Å². The van der Waals surface area contributed by atoms with E-state index in [1.165, 1.54) is 19.2 Å². The highest BCUT2D eigenvalue weighted by Crippen LogP contribution is 2.15. The summed E-state index contributed by atoms with van der Waals surface area (Å²) in [5.74, 6) is -0.762. The highest BCUT2D eigenvalue weighted by molar-refractivity contribution is 5.72. The minimum Gasteiger partial charge on any atom is -0.493 e. The molecule has 0 aliphatic rings. The molecule has 0 N–H and O–H groups in total. The Balaban J connectivity index is 2.53. The minimum absolute atomic E-state index is 0.138. The Kier molecular flexibility index (Phi) is 6.14. The summed E-state index contributed by atoms with van der Waals surface area (Å²) in [7, 11) is 2.88. The summed E-state index contributed by atoms with van der Waals surface area (Å²) in [6.07, 6.45) is 0.499. The van der Waals surface area contributed by atoms with E-state index in [9.17, 15) is 9.18 Å². The van der Waals surface area contributed by atoms with Crippen LogP contribution in [0.1, 0.15) is 6.42 Å². The van der Waals surface area contributed by atoms with Gasteiger partial charge in [0, 0.05) is 19.8 Å². The normalized spacial score (nSPS) is 11.9. The fourth-order valence-corrected chi connectivity index (χ4v) is 1.45. The van der Waals surface area contributed by atoms with Gasteiger partial charge in [0.25, 0.3) is 0 Å². The van der Waals surface area contributed by atoms with E-state index in [4.69, 9.17) is 9.47 Å². The van der Waals surface area contributed by atoms with Gasteiger partial charge in [-0.15, -0.1) is 0 Å². The Morgan fingerprint density at radius 1 is 1.39 bits per heavy atom. The molecule has 1 atom stereocenters. The Morgan fingerprint density at radius 3 is 2.78 bits per heavy atom. The fraction of sp³-hybridized carbons (Fsp3) is 0.462. The average Bonchev–Trinajstić information content (AvgIpc) is 2.38. The lowest BCUT2D eigenvalue weighted by atomic mass is 10.1. The molecule has 5 heteroatoms. The molecule has 0 aliphatic carbocycles. The van der Waals surface area contributed by atoms with Gasteiger partial charge in [-0.25, -0.2) is 4.39 Å². The summed E-state index contributed by atoms with van der Waals surface area (Å²) in [5.41, 5.74) is 0. The standard InChI is InChI=1S/C13H17FO4/c1-16-7-6-10(13(15)17-2)9-18-12-5-3-4-11(14)8-12/h3-5,8,10H,6-7,9H2,1-2H3. The maximum Gasteiger partial charge on any atom is 0.312 e. The van der Waals surface area contributed by atoms with Crippen LogP contribution < -0.4 is 4.74 Å². The summed E-state index contributed by atoms with van der Waals surface area (Å²) in [6, 6.07) is 5.78. The zero-order valence-corrected chi connectivity index (χ0v) is 10.5. The lowest BCUT2D eigenvalue weighted by Crippen LogP contribution is -2.24. The first-order valence-electron chi connectivity index (χ1n) is 5.62. The van der Waals surface area contributed by atoms with Crippen LogP contribution in [0, 0.1) is 11.7 Å². The lowest BCUT2D eigenvalue weighted by molar-refractivity contribution is -0.147. The molecule has 1 aromatic rings. The molecule has 1 unspecified atom stereocenters. The SMILES string of the molecule is COCCC(COc1cccc(F)c1)C(=O)OC. The van der Waals surface area contributed by atoms with E-state index in [1.54, 1.807) is 19.2 Å². The quantitative estimate of drug-likeness (QED) is 0.700. The van der Waals surface area contributed by atoms with Crippen LogP contribution in [0.15, 0.2) is 24.3 Å². The molecule has 1 aromatic carbocycles. The zero-order valence-electron chi connectivity index (χ0n) is 10.5. The van der Waals surface area contributed by atoms with Crippen LogP contribution in [0.5, 0.6) is 5.75 Å². The molecule has 18 heavy (non-hydrogen) atoms. The van der Waals surface area contributed by atoms with Crippen molar-refractivity contribution in [2.75, 3.05) is 27.4 Å². The Labute approximate surface area is 106 Å². The number of carbonyl (C=O) groups excluding carboxylic acids is 1. The molecule has 100 valence electrons. The van der Waals surface area contributed by atoms with E-state index in [2.05, 4.69) is 4.74 Å². The number of esters is 1. The van der Waals surface area contributed by atoms with Crippen LogP contribution >= 0.6 is 0 Å². The third kappa shape index (κ3) is 4.71. The number of benzene rings is 1. The number of rotatable bonds is 7. The number of ether oxygens (including phenoxy) is 3. The zero-order chi connectivity index (χ0) is 13.4. The number of halogens is 1. The van der Waals surface area contributed by atoms with Crippen LogP contribution in [-0.4, -0.2) is 33.4 Å². The number of hydrogen-bond donors (Lipinski definition) is 0. The molecule has 0 aromatic heterocycles. The third-order valence-electron chi connectivity index (χ3n) is 2.45. The molecule has 0 aliphatic heterocycles. The Morgan fingerprint density at radius 2 is 2.17 bits per heavy atom. The Bertz CT molecular complexity index is 381. The van der Waals surface area contributed by atoms with Crippen molar-refractivity contribution in [3.8, 4) is 5.75 Å². The van der Waals surface area contributed by atoms with Gasteiger partial charge in [0.05, 0.1) is 13.0 Å². The molecule has 0 fully saturated rings. The van der Waals surface area contributed by atoms with Crippen LogP contribution in [0.3, 0.4) is 0 Å². The third-order valence-corrected chi connectivity index (χ3v) is 2.45. The van der Waals surface area contributed by atoms with Crippen molar-refractivity contribution in [2.24, 2.45) is 5.92 Å². The van der Waals surface area contributed by atoms with Crippen LogP contribution in [0.25, 0.3) is 0 Å². The summed E-state index contributed by atoms with van der Waals surface area (Å²) in [6.45, 7) is 0.575. The molecule has 0 saturated carbocycles. The monoisotopic (exact) mass is 256 g/mol. The topological polar surface area (TPSA) is 44.8 Å². The molecule has 0 amide bonds. The molecule has 0 saturated heterocycles. The summed E-state index contributed by atoms with van der Waals surface area (Å²) >= 11 is 0. The van der Waals surface area contributed by atoms with Gasteiger partial charge in [-0.3, -0.25) is 4.79 Å². The fourth-order valence-electron chi connectivity index (χ4n) is 1.45. The van der Waals surface area contributed by atoms with Crippen molar-refractivity contribution >= 4 is 5.97 Å². The second kappa shape index (κ2) is 7.66. The first-order chi connectivity index (χ1) is 8.67. The smallest absolute Gasteiger partial charge is 0.312 e. The number of methoxy groups -OCH3 is 2. The number of carbonyl (C=O) groups is 1. The first kappa shape index (κ1) is 14.4. The first-order valence-corrected chi connectivity index (χ1v) is 5.62. The van der Waals surface area contributed by atoms with Gasteiger partial charge < -0.3 is 14.2 Å². The maximum atomic E-state index is 12.9. The van der Waals surface area contributed by atoms with Gasteiger partial charge in [-0.1, -0.05) is 6.07 Å². The van der Waals surface area contributed by atoms with Crippen molar-refractivity contribution < 1.29 is 23.4 Å². The van der Waals surface area contributed by atoms with Gasteiger partial charge in [0.2, 0.25) is 0 Å². The van der Waals surface area contributed by atoms with Crippen molar-refractivity contribution in [2.45, 2.75) is 6.42 Å². The molecular weight excluding hydrogens is 239 g/mol. The van der Waals surface area contributed by atoms with Crippen LogP contribution in [0.2, 0.25) is 0 Å². The summed E-state index contributed by atoms with van der Waals surface area (Å²) in [4.78, 5) is 11.5. The van der Waals surface area contributed by atoms with Crippen molar-refractivity contribution in [1.82, 2.24) is 0 Å². The van der Waals surface area contributed by atoms with Crippen molar-refractivity contribution in [3.05, 3.63) is 30.1 Å². The molecular formula is C13H17FO4. The molecule has 1 rings (SSSR count). The van der Waals surface area contributed by atoms with Gasteiger partial charge in [0.15, 0.2) is 0 Å². The molecule has 0 radical (unpaired) electrons. The van der Waals surface area contributed by atoms with Crippen LogP contribution in [-0.2, 0) is 14.3 Å². The van der Waals surface area contributed by atoms with E-state index in [0.29, 0.717) is 18.8 Å². The van der Waals surface area contributed by atoms with E-state index in [-0.39, 0.29) is 18.4 Å². The van der Waals surface area contributed by atoms with E-state index in [0.717, 1.165) is 0 Å². The second-order valence-electron chi connectivity index (χ2n) is 3.77. The largest absolute Gasteiger partial charge is 0.493 e. The van der Waals surface area contributed by atoms with Gasteiger partial charge >= 0.3 is 5.97 Å². The highest BCUT2D eigenvalue weighted by Gasteiger charge is 2.19. The van der Waals surface area contributed by atoms with E-state index >= 15 is 0 Å².